The third-order valence-electron chi connectivity index (χ3n) is 5.03. The summed E-state index contributed by atoms with van der Waals surface area (Å²) in [6.45, 7) is 0.0350. The average molecular weight is 345 g/mol. The van der Waals surface area contributed by atoms with E-state index in [1.807, 2.05) is 0 Å². The first-order chi connectivity index (χ1) is 11.8. The lowest BCUT2D eigenvalue weighted by Gasteiger charge is -2.22. The Morgan fingerprint density at radius 2 is 2.00 bits per heavy atom. The molecular weight excluding hydrogens is 322 g/mol. The minimum absolute atomic E-state index is 0.0350. The number of rotatable bonds is 4. The van der Waals surface area contributed by atoms with E-state index in [-0.39, 0.29) is 12.5 Å². The Morgan fingerprint density at radius 3 is 2.88 bits per heavy atom. The smallest absolute Gasteiger partial charge is 0.258 e. The number of fused-ring (bicyclic) bond motifs is 3. The highest BCUT2D eigenvalue weighted by Gasteiger charge is 2.21. The SMILES string of the molecule is O=C(COc1ncnc2sc3c(c12)CCCC3)NC1CCCCC1. The standard InChI is InChI=1S/C18H23N3O2S/c22-15(21-12-6-2-1-3-7-12)10-23-17-16-13-8-4-5-9-14(13)24-18(16)20-11-19-17/h11-12H,1-10H2,(H,21,22). The van der Waals surface area contributed by atoms with Crippen LogP contribution >= 0.6 is 11.3 Å². The first-order valence-corrected chi connectivity index (χ1v) is 9.80. The van der Waals surface area contributed by atoms with E-state index in [1.54, 1.807) is 17.7 Å². The van der Waals surface area contributed by atoms with Crippen LogP contribution in [0.5, 0.6) is 5.88 Å². The number of aryl methyl sites for hydroxylation is 2. The van der Waals surface area contributed by atoms with E-state index in [0.717, 1.165) is 35.9 Å². The van der Waals surface area contributed by atoms with E-state index < -0.39 is 0 Å². The molecule has 0 aliphatic heterocycles. The third kappa shape index (κ3) is 3.24. The van der Waals surface area contributed by atoms with Gasteiger partial charge in [0.05, 0.1) is 5.39 Å². The fourth-order valence-electron chi connectivity index (χ4n) is 3.82. The summed E-state index contributed by atoms with van der Waals surface area (Å²) in [6, 6.07) is 0.314. The van der Waals surface area contributed by atoms with Gasteiger partial charge in [-0.2, -0.15) is 0 Å². The van der Waals surface area contributed by atoms with E-state index in [9.17, 15) is 4.79 Å². The van der Waals surface area contributed by atoms with Crippen molar-refractivity contribution in [2.45, 2.75) is 63.8 Å². The second-order valence-corrected chi connectivity index (χ2v) is 7.84. The first kappa shape index (κ1) is 15.8. The van der Waals surface area contributed by atoms with Gasteiger partial charge in [0, 0.05) is 10.9 Å². The van der Waals surface area contributed by atoms with Gasteiger partial charge in [-0.3, -0.25) is 4.79 Å². The van der Waals surface area contributed by atoms with Gasteiger partial charge in [0.2, 0.25) is 5.88 Å². The summed E-state index contributed by atoms with van der Waals surface area (Å²) in [5.74, 6) is 0.524. The van der Waals surface area contributed by atoms with Crippen LogP contribution in [0.2, 0.25) is 0 Å². The van der Waals surface area contributed by atoms with Gasteiger partial charge >= 0.3 is 0 Å². The van der Waals surface area contributed by atoms with Gasteiger partial charge in [0.25, 0.3) is 5.91 Å². The molecule has 2 heterocycles. The predicted molar refractivity (Wildman–Crippen MR) is 94.6 cm³/mol. The molecule has 2 aliphatic carbocycles. The normalized spacial score (nSPS) is 18.3. The highest BCUT2D eigenvalue weighted by atomic mass is 32.1. The molecule has 5 nitrogen and oxygen atoms in total. The van der Waals surface area contributed by atoms with Crippen LogP contribution in [0.15, 0.2) is 6.33 Å². The quantitative estimate of drug-likeness (QED) is 0.922. The Kier molecular flexibility index (Phi) is 4.65. The Balaban J connectivity index is 1.46. The molecule has 4 rings (SSSR count). The molecule has 1 fully saturated rings. The molecule has 24 heavy (non-hydrogen) atoms. The molecule has 0 saturated heterocycles. The van der Waals surface area contributed by atoms with E-state index in [4.69, 9.17) is 4.74 Å². The second kappa shape index (κ2) is 7.05. The summed E-state index contributed by atoms with van der Waals surface area (Å²) < 4.78 is 5.79. The van der Waals surface area contributed by atoms with Gasteiger partial charge in [0.1, 0.15) is 11.2 Å². The number of amides is 1. The number of thiophene rings is 1. The van der Waals surface area contributed by atoms with Crippen molar-refractivity contribution in [1.29, 1.82) is 0 Å². The van der Waals surface area contributed by atoms with E-state index in [2.05, 4.69) is 15.3 Å². The summed E-state index contributed by atoms with van der Waals surface area (Å²) in [5.41, 5.74) is 1.34. The molecule has 1 amide bonds. The van der Waals surface area contributed by atoms with Crippen molar-refractivity contribution in [3.63, 3.8) is 0 Å². The Labute approximate surface area is 145 Å². The molecule has 0 radical (unpaired) electrons. The fourth-order valence-corrected chi connectivity index (χ4v) is 5.04. The van der Waals surface area contributed by atoms with Gasteiger partial charge in [0.15, 0.2) is 6.61 Å². The maximum atomic E-state index is 12.2. The lowest BCUT2D eigenvalue weighted by molar-refractivity contribution is -0.124. The molecule has 2 aliphatic rings. The number of hydrogen-bond donors (Lipinski definition) is 1. The van der Waals surface area contributed by atoms with Gasteiger partial charge in [-0.25, -0.2) is 9.97 Å². The van der Waals surface area contributed by atoms with Crippen LogP contribution in [0, 0.1) is 0 Å². The molecule has 1 N–H and O–H groups in total. The second-order valence-electron chi connectivity index (χ2n) is 6.76. The molecular formula is C18H23N3O2S. The van der Waals surface area contributed by atoms with Crippen LogP contribution < -0.4 is 10.1 Å². The van der Waals surface area contributed by atoms with Crippen LogP contribution in [0.3, 0.4) is 0 Å². The van der Waals surface area contributed by atoms with Crippen LogP contribution in [0.25, 0.3) is 10.2 Å². The summed E-state index contributed by atoms with van der Waals surface area (Å²) >= 11 is 1.74. The van der Waals surface area contributed by atoms with Crippen LogP contribution in [0.4, 0.5) is 0 Å². The number of nitrogens with zero attached hydrogens (tertiary/aromatic N) is 2. The van der Waals surface area contributed by atoms with Crippen molar-refractivity contribution in [1.82, 2.24) is 15.3 Å². The number of carbonyl (C=O) groups excluding carboxylic acids is 1. The molecule has 6 heteroatoms. The zero-order chi connectivity index (χ0) is 16.4. The van der Waals surface area contributed by atoms with Gasteiger partial charge in [-0.1, -0.05) is 19.3 Å². The number of aromatic nitrogens is 2. The van der Waals surface area contributed by atoms with Gasteiger partial charge in [-0.05, 0) is 44.1 Å². The molecule has 2 aromatic heterocycles. The van der Waals surface area contributed by atoms with Crippen molar-refractivity contribution in [3.05, 3.63) is 16.8 Å². The van der Waals surface area contributed by atoms with Crippen LogP contribution in [0.1, 0.15) is 55.4 Å². The molecule has 0 atom stereocenters. The Morgan fingerprint density at radius 1 is 1.17 bits per heavy atom. The minimum Gasteiger partial charge on any atom is -0.467 e. The maximum Gasteiger partial charge on any atom is 0.258 e. The zero-order valence-corrected chi connectivity index (χ0v) is 14.7. The Bertz CT molecular complexity index is 737. The van der Waals surface area contributed by atoms with Crippen molar-refractivity contribution in [3.8, 4) is 5.88 Å². The van der Waals surface area contributed by atoms with E-state index >= 15 is 0 Å². The predicted octanol–water partition coefficient (Wildman–Crippen LogP) is 3.40. The highest BCUT2D eigenvalue weighted by molar-refractivity contribution is 7.18. The van der Waals surface area contributed by atoms with Crippen molar-refractivity contribution in [2.24, 2.45) is 0 Å². The van der Waals surface area contributed by atoms with Crippen LogP contribution in [-0.4, -0.2) is 28.5 Å². The van der Waals surface area contributed by atoms with Crippen LogP contribution in [-0.2, 0) is 17.6 Å². The van der Waals surface area contributed by atoms with Gasteiger partial charge in [-0.15, -0.1) is 11.3 Å². The third-order valence-corrected chi connectivity index (χ3v) is 6.23. The number of hydrogen-bond acceptors (Lipinski definition) is 5. The zero-order valence-electron chi connectivity index (χ0n) is 13.8. The molecule has 1 saturated carbocycles. The number of ether oxygens (including phenoxy) is 1. The van der Waals surface area contributed by atoms with Crippen molar-refractivity contribution < 1.29 is 9.53 Å². The number of nitrogens with one attached hydrogen (secondary N) is 1. The minimum atomic E-state index is -0.0437. The molecule has 0 bridgehead atoms. The average Bonchev–Trinajstić information content (AvgIpc) is 3.00. The lowest BCUT2D eigenvalue weighted by atomic mass is 9.95. The largest absolute Gasteiger partial charge is 0.467 e. The maximum absolute atomic E-state index is 12.2. The Hall–Kier alpha value is -1.69. The molecule has 0 spiro atoms. The summed E-state index contributed by atoms with van der Waals surface area (Å²) in [4.78, 5) is 23.3. The molecule has 0 unspecified atom stereocenters. The first-order valence-electron chi connectivity index (χ1n) is 8.98. The molecule has 128 valence electrons. The summed E-state index contributed by atoms with van der Waals surface area (Å²) in [7, 11) is 0. The molecule has 2 aromatic rings. The molecule has 0 aromatic carbocycles. The monoisotopic (exact) mass is 345 g/mol. The lowest BCUT2D eigenvalue weighted by Crippen LogP contribution is -2.39. The number of carbonyl (C=O) groups is 1. The van der Waals surface area contributed by atoms with Gasteiger partial charge < -0.3 is 10.1 Å². The fraction of sp³-hybridized carbons (Fsp3) is 0.611. The summed E-state index contributed by atoms with van der Waals surface area (Å²) in [5, 5.41) is 4.12. The van der Waals surface area contributed by atoms with Crippen molar-refractivity contribution in [2.75, 3.05) is 6.61 Å². The van der Waals surface area contributed by atoms with E-state index in [0.29, 0.717) is 11.9 Å². The topological polar surface area (TPSA) is 64.1 Å². The summed E-state index contributed by atoms with van der Waals surface area (Å²) in [6.07, 6.45) is 12.0. The van der Waals surface area contributed by atoms with E-state index in [1.165, 1.54) is 42.5 Å². The van der Waals surface area contributed by atoms with Crippen molar-refractivity contribution >= 4 is 27.5 Å². The highest BCUT2D eigenvalue weighted by Crippen LogP contribution is 2.38.